The molecule has 1 atom stereocenters. The Balaban J connectivity index is 1.53. The van der Waals surface area contributed by atoms with Gasteiger partial charge in [-0.1, -0.05) is 18.6 Å². The molecular weight excluding hydrogens is 260 g/mol. The van der Waals surface area contributed by atoms with Crippen LogP contribution in [0.15, 0.2) is 24.3 Å². The Morgan fingerprint density at radius 3 is 2.71 bits per heavy atom. The zero-order valence-electron chi connectivity index (χ0n) is 13.6. The van der Waals surface area contributed by atoms with Crippen molar-refractivity contribution in [1.82, 2.24) is 10.2 Å². The first-order valence-electron chi connectivity index (χ1n) is 8.37. The minimum absolute atomic E-state index is 0.790. The second-order valence-corrected chi connectivity index (χ2v) is 6.08. The quantitative estimate of drug-likeness (QED) is 0.745. The topological polar surface area (TPSA) is 24.5 Å². The molecule has 0 saturated carbocycles. The monoisotopic (exact) mass is 290 g/mol. The lowest BCUT2D eigenvalue weighted by Gasteiger charge is -2.33. The van der Waals surface area contributed by atoms with Crippen molar-refractivity contribution in [2.24, 2.45) is 0 Å². The largest absolute Gasteiger partial charge is 0.497 e. The van der Waals surface area contributed by atoms with Gasteiger partial charge in [0.2, 0.25) is 0 Å². The molecule has 0 amide bonds. The molecular formula is C18H30N2O. The molecule has 1 N–H and O–H groups in total. The van der Waals surface area contributed by atoms with Crippen molar-refractivity contribution in [3.63, 3.8) is 0 Å². The van der Waals surface area contributed by atoms with Crippen molar-refractivity contribution in [1.29, 1.82) is 0 Å². The average molecular weight is 290 g/mol. The molecule has 1 heterocycles. The lowest BCUT2D eigenvalue weighted by Crippen LogP contribution is -2.39. The van der Waals surface area contributed by atoms with Gasteiger partial charge >= 0.3 is 0 Å². The fourth-order valence-electron chi connectivity index (χ4n) is 3.05. The number of ether oxygens (including phenoxy) is 1. The second-order valence-electron chi connectivity index (χ2n) is 6.08. The molecule has 3 heteroatoms. The van der Waals surface area contributed by atoms with E-state index < -0.39 is 0 Å². The van der Waals surface area contributed by atoms with Gasteiger partial charge in [-0.15, -0.1) is 0 Å². The normalized spacial score (nSPS) is 19.6. The van der Waals surface area contributed by atoms with Gasteiger partial charge in [-0.05, 0) is 76.5 Å². The fourth-order valence-corrected chi connectivity index (χ4v) is 3.05. The fraction of sp³-hybridized carbons (Fsp3) is 0.667. The van der Waals surface area contributed by atoms with E-state index in [9.17, 15) is 0 Å². The summed E-state index contributed by atoms with van der Waals surface area (Å²) in [6.45, 7) is 7.10. The van der Waals surface area contributed by atoms with Crippen LogP contribution < -0.4 is 10.1 Å². The van der Waals surface area contributed by atoms with E-state index in [0.29, 0.717) is 0 Å². The summed E-state index contributed by atoms with van der Waals surface area (Å²) in [7, 11) is 1.71. The highest BCUT2D eigenvalue weighted by Gasteiger charge is 2.16. The molecule has 1 aromatic rings. The number of piperidine rings is 1. The van der Waals surface area contributed by atoms with Gasteiger partial charge in [0.15, 0.2) is 0 Å². The third-order valence-corrected chi connectivity index (χ3v) is 4.49. The first-order chi connectivity index (χ1) is 10.3. The zero-order chi connectivity index (χ0) is 14.9. The van der Waals surface area contributed by atoms with Crippen LogP contribution in [-0.2, 0) is 6.42 Å². The SMILES string of the molecule is COc1ccc(CCNCCCN2CCCCC2C)cc1. The molecule has 1 aliphatic heterocycles. The van der Waals surface area contributed by atoms with Gasteiger partial charge in [-0.3, -0.25) is 0 Å². The summed E-state index contributed by atoms with van der Waals surface area (Å²) in [4.78, 5) is 2.65. The Morgan fingerprint density at radius 2 is 2.00 bits per heavy atom. The van der Waals surface area contributed by atoms with Crippen LogP contribution >= 0.6 is 0 Å². The molecule has 1 unspecified atom stereocenters. The molecule has 1 saturated heterocycles. The van der Waals surface area contributed by atoms with Crippen LogP contribution in [0.3, 0.4) is 0 Å². The molecule has 1 aliphatic rings. The smallest absolute Gasteiger partial charge is 0.118 e. The summed E-state index contributed by atoms with van der Waals surface area (Å²) in [6, 6.07) is 9.16. The van der Waals surface area contributed by atoms with Crippen molar-refractivity contribution >= 4 is 0 Å². The van der Waals surface area contributed by atoms with Gasteiger partial charge in [-0.2, -0.15) is 0 Å². The van der Waals surface area contributed by atoms with E-state index in [1.165, 1.54) is 44.3 Å². The summed E-state index contributed by atoms with van der Waals surface area (Å²) in [5.74, 6) is 0.933. The van der Waals surface area contributed by atoms with E-state index in [2.05, 4.69) is 29.3 Å². The highest BCUT2D eigenvalue weighted by atomic mass is 16.5. The molecule has 3 nitrogen and oxygen atoms in total. The number of likely N-dealkylation sites (tertiary alicyclic amines) is 1. The highest BCUT2D eigenvalue weighted by molar-refractivity contribution is 5.27. The maximum atomic E-state index is 5.17. The number of hydrogen-bond donors (Lipinski definition) is 1. The number of nitrogens with zero attached hydrogens (tertiary/aromatic N) is 1. The van der Waals surface area contributed by atoms with Crippen molar-refractivity contribution in [2.75, 3.05) is 33.3 Å². The highest BCUT2D eigenvalue weighted by Crippen LogP contribution is 2.16. The Labute approximate surface area is 129 Å². The molecule has 2 rings (SSSR count). The van der Waals surface area contributed by atoms with Crippen molar-refractivity contribution < 1.29 is 4.74 Å². The molecule has 118 valence electrons. The molecule has 1 fully saturated rings. The predicted octanol–water partition coefficient (Wildman–Crippen LogP) is 3.09. The van der Waals surface area contributed by atoms with Crippen LogP contribution in [-0.4, -0.2) is 44.2 Å². The van der Waals surface area contributed by atoms with E-state index in [4.69, 9.17) is 4.74 Å². The summed E-state index contributed by atoms with van der Waals surface area (Å²) in [5, 5.41) is 3.56. The molecule has 0 aliphatic carbocycles. The first kappa shape index (κ1) is 16.3. The molecule has 0 spiro atoms. The van der Waals surface area contributed by atoms with Crippen LogP contribution in [0.2, 0.25) is 0 Å². The van der Waals surface area contributed by atoms with Gasteiger partial charge in [0.25, 0.3) is 0 Å². The minimum Gasteiger partial charge on any atom is -0.497 e. The van der Waals surface area contributed by atoms with Crippen LogP contribution in [0.5, 0.6) is 5.75 Å². The predicted molar refractivity (Wildman–Crippen MR) is 89.1 cm³/mol. The molecule has 21 heavy (non-hydrogen) atoms. The van der Waals surface area contributed by atoms with Gasteiger partial charge in [0.1, 0.15) is 5.75 Å². The van der Waals surface area contributed by atoms with E-state index in [1.54, 1.807) is 7.11 Å². The lowest BCUT2D eigenvalue weighted by molar-refractivity contribution is 0.159. The lowest BCUT2D eigenvalue weighted by atomic mass is 10.0. The maximum absolute atomic E-state index is 5.17. The van der Waals surface area contributed by atoms with Gasteiger partial charge in [0, 0.05) is 6.04 Å². The van der Waals surface area contributed by atoms with Crippen molar-refractivity contribution in [3.8, 4) is 5.75 Å². The van der Waals surface area contributed by atoms with Gasteiger partial charge in [-0.25, -0.2) is 0 Å². The summed E-state index contributed by atoms with van der Waals surface area (Å²) >= 11 is 0. The number of benzene rings is 1. The summed E-state index contributed by atoms with van der Waals surface area (Å²) in [6.07, 6.45) is 6.52. The van der Waals surface area contributed by atoms with E-state index >= 15 is 0 Å². The van der Waals surface area contributed by atoms with Crippen LogP contribution in [0.4, 0.5) is 0 Å². The zero-order valence-corrected chi connectivity index (χ0v) is 13.6. The maximum Gasteiger partial charge on any atom is 0.118 e. The standard InChI is InChI=1S/C18H30N2O/c1-16-6-3-4-14-20(16)15-5-12-19-13-11-17-7-9-18(21-2)10-8-17/h7-10,16,19H,3-6,11-15H2,1-2H3. The molecule has 0 aromatic heterocycles. The Morgan fingerprint density at radius 1 is 1.19 bits per heavy atom. The Hall–Kier alpha value is -1.06. The molecule has 0 bridgehead atoms. The number of methoxy groups -OCH3 is 1. The van der Waals surface area contributed by atoms with Gasteiger partial charge in [0.05, 0.1) is 7.11 Å². The third-order valence-electron chi connectivity index (χ3n) is 4.49. The summed E-state index contributed by atoms with van der Waals surface area (Å²) in [5.41, 5.74) is 1.37. The average Bonchev–Trinajstić information content (AvgIpc) is 2.53. The number of hydrogen-bond acceptors (Lipinski definition) is 3. The second kappa shape index (κ2) is 9.06. The first-order valence-corrected chi connectivity index (χ1v) is 8.37. The number of rotatable bonds is 8. The van der Waals surface area contributed by atoms with Crippen molar-refractivity contribution in [2.45, 2.75) is 45.1 Å². The van der Waals surface area contributed by atoms with E-state index in [-0.39, 0.29) is 0 Å². The van der Waals surface area contributed by atoms with Crippen molar-refractivity contribution in [3.05, 3.63) is 29.8 Å². The Kier molecular flexibility index (Phi) is 7.04. The number of nitrogens with one attached hydrogen (secondary N) is 1. The van der Waals surface area contributed by atoms with Crippen LogP contribution in [0.25, 0.3) is 0 Å². The van der Waals surface area contributed by atoms with E-state index in [1.807, 2.05) is 12.1 Å². The summed E-state index contributed by atoms with van der Waals surface area (Å²) < 4.78 is 5.17. The molecule has 1 aromatic carbocycles. The minimum atomic E-state index is 0.790. The van der Waals surface area contributed by atoms with Gasteiger partial charge < -0.3 is 15.0 Å². The van der Waals surface area contributed by atoms with Crippen LogP contribution in [0.1, 0.15) is 38.2 Å². The third kappa shape index (κ3) is 5.68. The van der Waals surface area contributed by atoms with E-state index in [0.717, 1.165) is 31.3 Å². The Bertz CT molecular complexity index is 391. The van der Waals surface area contributed by atoms with Crippen LogP contribution in [0, 0.1) is 0 Å². The molecule has 0 radical (unpaired) electrons.